The molecule has 0 saturated heterocycles. The van der Waals surface area contributed by atoms with Crippen LogP contribution in [0.3, 0.4) is 0 Å². The minimum absolute atomic E-state index is 0.143. The van der Waals surface area contributed by atoms with Gasteiger partial charge in [-0.25, -0.2) is 4.79 Å². The Morgan fingerprint density at radius 2 is 1.77 bits per heavy atom. The minimum atomic E-state index is -0.519. The van der Waals surface area contributed by atoms with Gasteiger partial charge in [0, 0.05) is 0 Å². The van der Waals surface area contributed by atoms with Crippen molar-refractivity contribution in [2.24, 2.45) is 11.5 Å². The van der Waals surface area contributed by atoms with Crippen molar-refractivity contribution in [3.63, 3.8) is 0 Å². The first-order valence-corrected chi connectivity index (χ1v) is 6.73. The quantitative estimate of drug-likeness (QED) is 0.203. The van der Waals surface area contributed by atoms with E-state index in [2.05, 4.69) is 4.99 Å². The third kappa shape index (κ3) is 5.04. The molecule has 0 unspecified atom stereocenters. The first-order valence-electron chi connectivity index (χ1n) is 6.73. The van der Waals surface area contributed by atoms with Crippen molar-refractivity contribution >= 4 is 11.9 Å². The molecule has 0 bridgehead atoms. The number of benzene rings is 1. The maximum atomic E-state index is 12.0. The molecule has 0 spiro atoms. The third-order valence-electron chi connectivity index (χ3n) is 2.85. The predicted molar refractivity (Wildman–Crippen MR) is 79.9 cm³/mol. The van der Waals surface area contributed by atoms with Gasteiger partial charge in [-0.05, 0) is 25.0 Å². The molecule has 0 atom stereocenters. The van der Waals surface area contributed by atoms with Gasteiger partial charge < -0.3 is 19.3 Å². The van der Waals surface area contributed by atoms with Crippen molar-refractivity contribution < 1.29 is 29.1 Å². The van der Waals surface area contributed by atoms with Gasteiger partial charge in [0.15, 0.2) is 11.5 Å². The lowest BCUT2D eigenvalue weighted by atomic mass is 10.2. The highest BCUT2D eigenvalue weighted by Crippen LogP contribution is 2.37. The molecule has 0 radical (unpaired) electrons. The highest BCUT2D eigenvalue weighted by molar-refractivity contribution is 5.91. The van der Waals surface area contributed by atoms with E-state index in [-0.39, 0.29) is 35.4 Å². The Bertz CT molecular complexity index is 516. The Kier molecular flexibility index (Phi) is 6.81. The van der Waals surface area contributed by atoms with Crippen LogP contribution in [0.4, 0.5) is 0 Å². The number of unbranched alkanes of at least 4 members (excludes halogenated alkanes) is 1. The molecule has 0 aliphatic rings. The Labute approximate surface area is 128 Å². The summed E-state index contributed by atoms with van der Waals surface area (Å²) >= 11 is 0. The lowest BCUT2D eigenvalue weighted by molar-refractivity contribution is -0.459. The molecule has 6 N–H and O–H groups in total. The average Bonchev–Trinajstić information content (AvgIpc) is 2.50. The maximum absolute atomic E-state index is 12.0. The van der Waals surface area contributed by atoms with Crippen LogP contribution in [0.15, 0.2) is 12.1 Å². The van der Waals surface area contributed by atoms with Crippen molar-refractivity contribution in [3.05, 3.63) is 17.7 Å². The zero-order valence-electron chi connectivity index (χ0n) is 12.7. The van der Waals surface area contributed by atoms with Crippen LogP contribution < -0.4 is 25.9 Å². The van der Waals surface area contributed by atoms with Gasteiger partial charge in [-0.2, -0.15) is 0 Å². The number of ether oxygens (including phenoxy) is 3. The normalized spacial score (nSPS) is 9.91. The molecule has 1 aromatic carbocycles. The molecule has 0 fully saturated rings. The molecule has 0 aliphatic carbocycles. The van der Waals surface area contributed by atoms with E-state index in [1.165, 1.54) is 26.4 Å². The summed E-state index contributed by atoms with van der Waals surface area (Å²) in [6.07, 6.45) is 1.42. The van der Waals surface area contributed by atoms with Gasteiger partial charge in [-0.1, -0.05) is 0 Å². The van der Waals surface area contributed by atoms with E-state index in [4.69, 9.17) is 25.7 Å². The van der Waals surface area contributed by atoms with E-state index in [1.807, 2.05) is 0 Å². The van der Waals surface area contributed by atoms with Crippen molar-refractivity contribution in [1.82, 2.24) is 0 Å². The molecule has 8 heteroatoms. The van der Waals surface area contributed by atoms with Gasteiger partial charge in [-0.3, -0.25) is 16.5 Å². The maximum Gasteiger partial charge on any atom is 0.338 e. The van der Waals surface area contributed by atoms with Crippen LogP contribution in [0, 0.1) is 0 Å². The standard InChI is InChI=1S/C14H21N3O5/c1-20-10-7-9(8-11(21-2)12(10)18)13(19)22-6-4-3-5-17-14(15)16/h7-8,18H,3-6H2,1-2H3,(H4,15,16,17)/p+1. The summed E-state index contributed by atoms with van der Waals surface area (Å²) in [6, 6.07) is 2.79. The number of esters is 1. The van der Waals surface area contributed by atoms with Gasteiger partial charge in [0.05, 0.1) is 32.9 Å². The number of carbonyl (C=O) groups is 1. The molecule has 8 nitrogen and oxygen atoms in total. The van der Waals surface area contributed by atoms with Crippen LogP contribution in [0.25, 0.3) is 0 Å². The molecular formula is C14H22N3O5+. The summed E-state index contributed by atoms with van der Waals surface area (Å²) in [4.78, 5) is 14.7. The first kappa shape index (κ1) is 17.4. The summed E-state index contributed by atoms with van der Waals surface area (Å²) in [5.41, 5.74) is 10.7. The highest BCUT2D eigenvalue weighted by Gasteiger charge is 2.16. The van der Waals surface area contributed by atoms with E-state index in [0.717, 1.165) is 6.42 Å². The molecule has 122 valence electrons. The lowest BCUT2D eigenvalue weighted by Gasteiger charge is -2.11. The van der Waals surface area contributed by atoms with Crippen molar-refractivity contribution in [3.8, 4) is 17.2 Å². The fourth-order valence-electron chi connectivity index (χ4n) is 1.72. The van der Waals surface area contributed by atoms with E-state index >= 15 is 0 Å². The fraction of sp³-hybridized carbons (Fsp3) is 0.429. The molecule has 1 rings (SSSR count). The number of hydrogen-bond donors (Lipinski definition) is 4. The molecule has 1 aromatic rings. The number of nitrogens with two attached hydrogens (primary N) is 2. The number of aromatic hydroxyl groups is 1. The topological polar surface area (TPSA) is 131 Å². The SMILES string of the molecule is COc1cc(C(=O)OCCCC[NH+]=C(N)N)cc(OC)c1O. The van der Waals surface area contributed by atoms with Crippen LogP contribution in [-0.4, -0.2) is 44.4 Å². The average molecular weight is 312 g/mol. The number of methoxy groups -OCH3 is 2. The number of nitrogens with one attached hydrogen (secondary N) is 1. The molecule has 0 saturated carbocycles. The van der Waals surface area contributed by atoms with Crippen molar-refractivity contribution in [1.29, 1.82) is 0 Å². The number of phenolic OH excluding ortho intramolecular Hbond substituents is 1. The molecule has 0 aromatic heterocycles. The van der Waals surface area contributed by atoms with Crippen LogP contribution in [0.1, 0.15) is 23.2 Å². The van der Waals surface area contributed by atoms with Crippen LogP contribution in [0.2, 0.25) is 0 Å². The summed E-state index contributed by atoms with van der Waals surface area (Å²) in [5.74, 6) is -0.230. The van der Waals surface area contributed by atoms with Crippen LogP contribution in [0.5, 0.6) is 17.2 Å². The smallest absolute Gasteiger partial charge is 0.338 e. The lowest BCUT2D eigenvalue weighted by Crippen LogP contribution is -2.78. The number of carbonyl (C=O) groups excluding carboxylic acids is 1. The second-order valence-electron chi connectivity index (χ2n) is 4.45. The molecule has 0 amide bonds. The largest absolute Gasteiger partial charge is 0.502 e. The minimum Gasteiger partial charge on any atom is -0.502 e. The van der Waals surface area contributed by atoms with Gasteiger partial charge in [-0.15, -0.1) is 0 Å². The zero-order chi connectivity index (χ0) is 16.5. The first-order chi connectivity index (χ1) is 10.5. The van der Waals surface area contributed by atoms with E-state index < -0.39 is 5.97 Å². The molecule has 22 heavy (non-hydrogen) atoms. The van der Waals surface area contributed by atoms with Gasteiger partial charge >= 0.3 is 11.9 Å². The Morgan fingerprint density at radius 1 is 1.18 bits per heavy atom. The highest BCUT2D eigenvalue weighted by atomic mass is 16.5. The van der Waals surface area contributed by atoms with Gasteiger partial charge in [0.1, 0.15) is 0 Å². The van der Waals surface area contributed by atoms with E-state index in [0.29, 0.717) is 13.0 Å². The van der Waals surface area contributed by atoms with Crippen molar-refractivity contribution in [2.45, 2.75) is 12.8 Å². The monoisotopic (exact) mass is 312 g/mol. The van der Waals surface area contributed by atoms with Gasteiger partial charge in [0.25, 0.3) is 0 Å². The van der Waals surface area contributed by atoms with Crippen LogP contribution >= 0.6 is 0 Å². The second kappa shape index (κ2) is 8.60. The van der Waals surface area contributed by atoms with Crippen molar-refractivity contribution in [2.75, 3.05) is 27.4 Å². The second-order valence-corrected chi connectivity index (χ2v) is 4.45. The Balaban J connectivity index is 2.57. The summed E-state index contributed by atoms with van der Waals surface area (Å²) in [7, 11) is 2.77. The van der Waals surface area contributed by atoms with E-state index in [9.17, 15) is 9.90 Å². The molecular weight excluding hydrogens is 290 g/mol. The predicted octanol–water partition coefficient (Wildman–Crippen LogP) is -1.30. The number of rotatable bonds is 8. The van der Waals surface area contributed by atoms with Gasteiger partial charge in [0.2, 0.25) is 5.75 Å². The zero-order valence-corrected chi connectivity index (χ0v) is 12.7. The third-order valence-corrected chi connectivity index (χ3v) is 2.85. The van der Waals surface area contributed by atoms with Crippen LogP contribution in [-0.2, 0) is 4.74 Å². The Hall–Kier alpha value is -2.64. The molecule has 0 heterocycles. The summed E-state index contributed by atoms with van der Waals surface area (Å²) in [5, 5.41) is 9.78. The summed E-state index contributed by atoms with van der Waals surface area (Å²) < 4.78 is 15.1. The number of hydrogen-bond acceptors (Lipinski definition) is 5. The Morgan fingerprint density at radius 3 is 2.27 bits per heavy atom. The summed E-state index contributed by atoms with van der Waals surface area (Å²) in [6.45, 7) is 0.872. The number of guanidine groups is 1. The van der Waals surface area contributed by atoms with E-state index in [1.54, 1.807) is 0 Å². The number of phenols is 1. The fourth-order valence-corrected chi connectivity index (χ4v) is 1.72. The molecule has 0 aliphatic heterocycles.